The summed E-state index contributed by atoms with van der Waals surface area (Å²) < 4.78 is 14.0. The van der Waals surface area contributed by atoms with Gasteiger partial charge in [-0.1, -0.05) is 24.3 Å². The number of terminal acetylenes is 1. The maximum Gasteiger partial charge on any atom is 0.252 e. The van der Waals surface area contributed by atoms with E-state index in [1.165, 1.54) is 17.7 Å². The lowest BCUT2D eigenvalue weighted by Gasteiger charge is -2.16. The van der Waals surface area contributed by atoms with E-state index in [4.69, 9.17) is 6.42 Å². The van der Waals surface area contributed by atoms with E-state index < -0.39 is 5.82 Å². The summed E-state index contributed by atoms with van der Waals surface area (Å²) in [5.41, 5.74) is 5.39. The molecular weight excluding hydrogens is 377 g/mol. The van der Waals surface area contributed by atoms with E-state index >= 15 is 0 Å². The van der Waals surface area contributed by atoms with Crippen molar-refractivity contribution in [3.05, 3.63) is 58.9 Å². The number of nitrogens with zero attached hydrogens (tertiary/aromatic N) is 1. The number of aromatic nitrogens is 1. The summed E-state index contributed by atoms with van der Waals surface area (Å²) in [6.45, 7) is 2.44. The second-order valence-electron chi connectivity index (χ2n) is 7.96. The number of nitrogens with one attached hydrogen (secondary N) is 2. The number of amides is 1. The quantitative estimate of drug-likeness (QED) is 0.451. The fourth-order valence-corrected chi connectivity index (χ4v) is 4.21. The lowest BCUT2D eigenvalue weighted by Crippen LogP contribution is -2.23. The van der Waals surface area contributed by atoms with Crippen molar-refractivity contribution in [1.29, 1.82) is 0 Å². The first-order chi connectivity index (χ1) is 14.6. The summed E-state index contributed by atoms with van der Waals surface area (Å²) >= 11 is 0. The van der Waals surface area contributed by atoms with Gasteiger partial charge in [0.2, 0.25) is 0 Å². The van der Waals surface area contributed by atoms with E-state index in [0.717, 1.165) is 54.6 Å². The molecular formula is C25H26FN3O. The minimum atomic E-state index is -0.408. The van der Waals surface area contributed by atoms with Crippen LogP contribution in [0.5, 0.6) is 0 Å². The van der Waals surface area contributed by atoms with Crippen LogP contribution in [0.15, 0.2) is 36.4 Å². The summed E-state index contributed by atoms with van der Waals surface area (Å²) in [6.07, 6.45) is 9.01. The summed E-state index contributed by atoms with van der Waals surface area (Å²) in [7, 11) is 2.12. The molecule has 0 radical (unpaired) electrons. The van der Waals surface area contributed by atoms with Crippen LogP contribution in [0.1, 0.15) is 40.7 Å². The molecule has 5 heteroatoms. The summed E-state index contributed by atoms with van der Waals surface area (Å²) in [5, 5.41) is 3.69. The molecule has 4 nitrogen and oxygen atoms in total. The van der Waals surface area contributed by atoms with E-state index in [0.29, 0.717) is 24.0 Å². The van der Waals surface area contributed by atoms with Crippen LogP contribution in [0.2, 0.25) is 0 Å². The molecule has 154 valence electrons. The number of unbranched alkanes of at least 4 members (excludes halogenated alkanes) is 2. The number of aromatic amines is 1. The molecule has 0 fully saturated rings. The molecule has 0 bridgehead atoms. The van der Waals surface area contributed by atoms with Gasteiger partial charge >= 0.3 is 0 Å². The molecule has 1 aromatic heterocycles. The highest BCUT2D eigenvalue weighted by atomic mass is 19.1. The van der Waals surface area contributed by atoms with Crippen molar-refractivity contribution >= 4 is 16.8 Å². The molecule has 3 aromatic rings. The minimum absolute atomic E-state index is 0.218. The van der Waals surface area contributed by atoms with Crippen molar-refractivity contribution in [2.75, 3.05) is 20.1 Å². The van der Waals surface area contributed by atoms with Gasteiger partial charge in [0.05, 0.1) is 5.56 Å². The molecule has 2 aromatic carbocycles. The van der Waals surface area contributed by atoms with Crippen LogP contribution < -0.4 is 5.32 Å². The molecule has 0 saturated carbocycles. The second-order valence-corrected chi connectivity index (χ2v) is 7.96. The van der Waals surface area contributed by atoms with Gasteiger partial charge in [-0.25, -0.2) is 4.39 Å². The standard InChI is InChI=1S/C25H26FN3O/c1-3-4-5-6-13-29(2)16-17-7-9-18(10-8-17)24-20-11-12-27-25(30)21-14-19(26)15-22(28-24)23(20)21/h1,7-10,14-15,28H,4-6,11-13,16H2,2H3,(H,27,30). The fraction of sp³-hybridized carbons (Fsp3) is 0.320. The van der Waals surface area contributed by atoms with Crippen LogP contribution in [0.25, 0.3) is 22.2 Å². The lowest BCUT2D eigenvalue weighted by atomic mass is 9.99. The Morgan fingerprint density at radius 1 is 1.20 bits per heavy atom. The number of H-pyrrole nitrogens is 1. The smallest absolute Gasteiger partial charge is 0.252 e. The number of benzene rings is 2. The Morgan fingerprint density at radius 3 is 2.77 bits per heavy atom. The number of carbonyl (C=O) groups excluding carboxylic acids is 1. The van der Waals surface area contributed by atoms with Crippen LogP contribution in [0, 0.1) is 18.2 Å². The minimum Gasteiger partial charge on any atom is -0.354 e. The normalized spacial score (nSPS) is 13.3. The van der Waals surface area contributed by atoms with Gasteiger partial charge < -0.3 is 15.2 Å². The van der Waals surface area contributed by atoms with E-state index in [1.54, 1.807) is 0 Å². The summed E-state index contributed by atoms with van der Waals surface area (Å²) in [4.78, 5) is 18.0. The van der Waals surface area contributed by atoms with Gasteiger partial charge in [-0.15, -0.1) is 12.3 Å². The zero-order chi connectivity index (χ0) is 21.1. The molecule has 4 rings (SSSR count). The van der Waals surface area contributed by atoms with Crippen molar-refractivity contribution in [1.82, 2.24) is 15.2 Å². The zero-order valence-electron chi connectivity index (χ0n) is 17.2. The Hall–Kier alpha value is -3.10. The first-order valence-corrected chi connectivity index (χ1v) is 10.4. The third-order valence-electron chi connectivity index (χ3n) is 5.68. The zero-order valence-corrected chi connectivity index (χ0v) is 17.2. The largest absolute Gasteiger partial charge is 0.354 e. The molecule has 0 unspecified atom stereocenters. The molecule has 1 amide bonds. The SMILES string of the molecule is C#CCCCCN(C)Cc1ccc(-c2[nH]c3cc(F)cc4c3c2CCNC4=O)cc1. The van der Waals surface area contributed by atoms with Crippen LogP contribution in [-0.2, 0) is 13.0 Å². The van der Waals surface area contributed by atoms with Crippen molar-refractivity contribution in [2.24, 2.45) is 0 Å². The Labute approximate surface area is 176 Å². The third kappa shape index (κ3) is 4.10. The van der Waals surface area contributed by atoms with Gasteiger partial charge in [-0.3, -0.25) is 4.79 Å². The fourth-order valence-electron chi connectivity index (χ4n) is 4.21. The summed E-state index contributed by atoms with van der Waals surface area (Å²) in [5.74, 6) is 2.06. The van der Waals surface area contributed by atoms with Crippen molar-refractivity contribution in [2.45, 2.75) is 32.2 Å². The first kappa shape index (κ1) is 20.2. The number of hydrogen-bond donors (Lipinski definition) is 2. The Kier molecular flexibility index (Phi) is 5.87. The van der Waals surface area contributed by atoms with Crippen molar-refractivity contribution in [3.8, 4) is 23.6 Å². The maximum atomic E-state index is 14.0. The lowest BCUT2D eigenvalue weighted by molar-refractivity contribution is 0.0957. The van der Waals surface area contributed by atoms with Crippen LogP contribution >= 0.6 is 0 Å². The van der Waals surface area contributed by atoms with Crippen LogP contribution in [0.3, 0.4) is 0 Å². The first-order valence-electron chi connectivity index (χ1n) is 10.4. The highest BCUT2D eigenvalue weighted by molar-refractivity contribution is 6.10. The van der Waals surface area contributed by atoms with Crippen LogP contribution in [-0.4, -0.2) is 35.9 Å². The third-order valence-corrected chi connectivity index (χ3v) is 5.68. The van der Waals surface area contributed by atoms with Gasteiger partial charge in [0.25, 0.3) is 5.91 Å². The molecule has 2 heterocycles. The molecule has 2 N–H and O–H groups in total. The predicted octanol–water partition coefficient (Wildman–Crippen LogP) is 4.50. The monoisotopic (exact) mass is 403 g/mol. The van der Waals surface area contributed by atoms with Gasteiger partial charge in [0.1, 0.15) is 5.82 Å². The Balaban J connectivity index is 1.57. The number of rotatable bonds is 7. The van der Waals surface area contributed by atoms with E-state index in [9.17, 15) is 9.18 Å². The molecule has 0 atom stereocenters. The Bertz CT molecular complexity index is 1110. The van der Waals surface area contributed by atoms with E-state index in [-0.39, 0.29) is 5.91 Å². The number of carbonyl (C=O) groups is 1. The molecule has 1 aliphatic heterocycles. The van der Waals surface area contributed by atoms with Crippen molar-refractivity contribution in [3.63, 3.8) is 0 Å². The summed E-state index contributed by atoms with van der Waals surface area (Å²) in [6, 6.07) is 11.2. The average Bonchev–Trinajstić information content (AvgIpc) is 3.00. The topological polar surface area (TPSA) is 48.1 Å². The highest BCUT2D eigenvalue weighted by Gasteiger charge is 2.23. The molecule has 30 heavy (non-hydrogen) atoms. The number of halogens is 1. The molecule has 0 aliphatic carbocycles. The second kappa shape index (κ2) is 8.73. The van der Waals surface area contributed by atoms with Gasteiger partial charge in [0.15, 0.2) is 0 Å². The molecule has 1 aliphatic rings. The van der Waals surface area contributed by atoms with Gasteiger partial charge in [-0.05, 0) is 61.7 Å². The van der Waals surface area contributed by atoms with Gasteiger partial charge in [-0.2, -0.15) is 0 Å². The van der Waals surface area contributed by atoms with Crippen LogP contribution in [0.4, 0.5) is 4.39 Å². The molecule has 0 saturated heterocycles. The Morgan fingerprint density at radius 2 is 2.00 bits per heavy atom. The highest BCUT2D eigenvalue weighted by Crippen LogP contribution is 2.34. The van der Waals surface area contributed by atoms with E-state index in [1.807, 2.05) is 0 Å². The maximum absolute atomic E-state index is 14.0. The molecule has 0 spiro atoms. The van der Waals surface area contributed by atoms with Gasteiger partial charge in [0, 0.05) is 36.1 Å². The van der Waals surface area contributed by atoms with Crippen molar-refractivity contribution < 1.29 is 9.18 Å². The predicted molar refractivity (Wildman–Crippen MR) is 119 cm³/mol. The average molecular weight is 404 g/mol. The van der Waals surface area contributed by atoms with E-state index in [2.05, 4.69) is 52.4 Å². The number of hydrogen-bond acceptors (Lipinski definition) is 2.